The first-order valence-corrected chi connectivity index (χ1v) is 15.7. The van der Waals surface area contributed by atoms with Gasteiger partial charge in [0, 0.05) is 42.3 Å². The molecule has 4 aromatic rings. The second-order valence-corrected chi connectivity index (χ2v) is 11.4. The lowest BCUT2D eigenvalue weighted by Crippen LogP contribution is -2.50. The molecule has 0 bridgehead atoms. The molecule has 5 amide bonds. The molecule has 1 atom stereocenters. The van der Waals surface area contributed by atoms with Gasteiger partial charge in [0.2, 0.25) is 18.4 Å². The van der Waals surface area contributed by atoms with Crippen molar-refractivity contribution >= 4 is 52.5 Å². The molecule has 14 nitrogen and oxygen atoms in total. The number of methoxy groups -OCH3 is 2. The molecule has 0 fully saturated rings. The van der Waals surface area contributed by atoms with Crippen molar-refractivity contribution in [3.05, 3.63) is 109 Å². The highest BCUT2D eigenvalue weighted by Gasteiger charge is 2.34. The highest BCUT2D eigenvalue weighted by atomic mass is 16.6. The lowest BCUT2D eigenvalue weighted by atomic mass is 10.1. The molecule has 0 aromatic heterocycles. The first kappa shape index (κ1) is 37.6. The molecule has 14 heteroatoms. The zero-order valence-corrected chi connectivity index (χ0v) is 28.7. The van der Waals surface area contributed by atoms with E-state index in [1.54, 1.807) is 92.0 Å². The molecule has 266 valence electrons. The fourth-order valence-corrected chi connectivity index (χ4v) is 4.82. The van der Waals surface area contributed by atoms with E-state index < -0.39 is 54.1 Å². The Labute approximate surface area is 295 Å². The number of carbonyl (C=O) groups is 5. The average molecular weight is 699 g/mol. The van der Waals surface area contributed by atoms with Gasteiger partial charge in [-0.3, -0.25) is 14.4 Å². The van der Waals surface area contributed by atoms with Crippen molar-refractivity contribution in [2.45, 2.75) is 6.42 Å². The summed E-state index contributed by atoms with van der Waals surface area (Å²) in [7, 11) is 5.64. The molecular weight excluding hydrogens is 658 g/mol. The number of benzene rings is 4. The van der Waals surface area contributed by atoms with Gasteiger partial charge in [0.1, 0.15) is 25.1 Å². The number of likely N-dealkylation sites (N-methyl/N-ethyl adjacent to an activating group) is 2. The fraction of sp³-hybridized carbons (Fsp3) is 0.216. The number of hydrogen-bond donors (Lipinski definition) is 3. The minimum atomic E-state index is -1.11. The largest absolute Gasteiger partial charge is 0.497 e. The van der Waals surface area contributed by atoms with E-state index in [2.05, 4.69) is 15.4 Å². The van der Waals surface area contributed by atoms with Crippen molar-refractivity contribution in [2.75, 3.05) is 63.1 Å². The van der Waals surface area contributed by atoms with Crippen molar-refractivity contribution < 1.29 is 43.4 Å². The van der Waals surface area contributed by atoms with Crippen molar-refractivity contribution in [1.29, 1.82) is 0 Å². The maximum Gasteiger partial charge on any atom is 0.388 e. The van der Waals surface area contributed by atoms with Gasteiger partial charge in [0.15, 0.2) is 5.69 Å². The minimum Gasteiger partial charge on any atom is -0.497 e. The van der Waals surface area contributed by atoms with Crippen molar-refractivity contribution in [3.8, 4) is 11.5 Å². The van der Waals surface area contributed by atoms with Gasteiger partial charge in [0.05, 0.1) is 27.2 Å². The third-order valence-electron chi connectivity index (χ3n) is 7.81. The Kier molecular flexibility index (Phi) is 12.8. The number of anilines is 3. The number of carbonyl (C=O) groups excluding carboxylic acids is 5. The summed E-state index contributed by atoms with van der Waals surface area (Å²) >= 11 is 0. The van der Waals surface area contributed by atoms with E-state index in [-0.39, 0.29) is 23.5 Å². The van der Waals surface area contributed by atoms with Crippen LogP contribution in [0.5, 0.6) is 11.5 Å². The number of hydrogen-bond acceptors (Lipinski definition) is 9. The summed E-state index contributed by atoms with van der Waals surface area (Å²) in [6, 6.07) is 27.4. The van der Waals surface area contributed by atoms with Crippen LogP contribution in [0.25, 0.3) is 0 Å². The van der Waals surface area contributed by atoms with Crippen molar-refractivity contribution in [2.24, 2.45) is 0 Å². The summed E-state index contributed by atoms with van der Waals surface area (Å²) < 4.78 is 14.5. The van der Waals surface area contributed by atoms with Gasteiger partial charge < -0.3 is 34.6 Å². The molecule has 0 aliphatic rings. The first-order chi connectivity index (χ1) is 24.4. The van der Waals surface area contributed by atoms with E-state index >= 15 is 0 Å². The summed E-state index contributed by atoms with van der Waals surface area (Å²) in [4.78, 5) is 67.1. The molecule has 3 N–H and O–H groups in total. The zero-order chi connectivity index (χ0) is 37.0. The number of ether oxygens (including phenoxy) is 3. The number of rotatable bonds is 14. The number of para-hydroxylation sites is 1. The number of hydroxylamine groups is 2. The second-order valence-electron chi connectivity index (χ2n) is 11.4. The number of amides is 5. The number of nitrogens with one attached hydrogen (secondary N) is 2. The average Bonchev–Trinajstić information content (AvgIpc) is 3.15. The van der Waals surface area contributed by atoms with Crippen molar-refractivity contribution in [1.82, 2.24) is 9.96 Å². The molecule has 0 saturated carbocycles. The molecular formula is C37H40N5O9+. The van der Waals surface area contributed by atoms with E-state index in [1.165, 1.54) is 43.2 Å². The summed E-state index contributed by atoms with van der Waals surface area (Å²) in [6.45, 7) is -1.41. The highest BCUT2D eigenvalue weighted by molar-refractivity contribution is 6.05. The predicted octanol–water partition coefficient (Wildman–Crippen LogP) is 4.16. The lowest BCUT2D eigenvalue weighted by molar-refractivity contribution is -0.158. The zero-order valence-electron chi connectivity index (χ0n) is 28.7. The summed E-state index contributed by atoms with van der Waals surface area (Å²) in [5.41, 5.74) is 2.14. The Morgan fingerprint density at radius 3 is 2.20 bits per heavy atom. The van der Waals surface area contributed by atoms with Gasteiger partial charge in [-0.2, -0.15) is 0 Å². The Bertz CT molecular complexity index is 1870. The Hall–Kier alpha value is -6.25. The Morgan fingerprint density at radius 2 is 1.47 bits per heavy atom. The molecule has 4 rings (SSSR count). The number of urea groups is 1. The third kappa shape index (κ3) is 10.4. The fourth-order valence-electron chi connectivity index (χ4n) is 4.82. The first-order valence-electron chi connectivity index (χ1n) is 15.7. The molecule has 1 unspecified atom stereocenters. The van der Waals surface area contributed by atoms with Crippen LogP contribution in [0.2, 0.25) is 0 Å². The smallest absolute Gasteiger partial charge is 0.388 e. The molecule has 0 aliphatic heterocycles. The number of quaternary nitrogens is 1. The molecule has 51 heavy (non-hydrogen) atoms. The Morgan fingerprint density at radius 1 is 0.784 bits per heavy atom. The maximum atomic E-state index is 13.6. The second kappa shape index (κ2) is 17.4. The number of nitrogens with zero attached hydrogens (tertiary/aromatic N) is 3. The highest BCUT2D eigenvalue weighted by Crippen LogP contribution is 2.26. The lowest BCUT2D eigenvalue weighted by Gasteiger charge is -2.26. The van der Waals surface area contributed by atoms with Crippen LogP contribution in [0.15, 0.2) is 103 Å². The van der Waals surface area contributed by atoms with Gasteiger partial charge in [-0.15, -0.1) is 0 Å². The summed E-state index contributed by atoms with van der Waals surface area (Å²) in [5.74, 6) is -1.52. The molecule has 0 radical (unpaired) electrons. The Balaban J connectivity index is 1.48. The third-order valence-corrected chi connectivity index (χ3v) is 7.81. The van der Waals surface area contributed by atoms with Crippen LogP contribution in [-0.4, -0.2) is 82.9 Å². The van der Waals surface area contributed by atoms with E-state index in [1.807, 2.05) is 6.07 Å². The van der Waals surface area contributed by atoms with E-state index in [4.69, 9.17) is 9.47 Å². The molecule has 4 aromatic carbocycles. The molecule has 0 aliphatic carbocycles. The standard InChI is InChI=1S/C37H39N5O9/c1-40(28-13-6-5-7-14-28)34(44)24-41(33(43)23-38-37(47)39-27-12-8-11-26(19-27)20-36(46)50-4)29-15-9-18-32(21-29)51-25-35(45)42(2,48)30-16-10-17-31(22-30)49-3/h5-19,21-22,48H,20,23-25H2,1-4H3,(H-,38,39,47)/p+1. The van der Waals surface area contributed by atoms with E-state index in [9.17, 15) is 29.2 Å². The summed E-state index contributed by atoms with van der Waals surface area (Å²) in [6.07, 6.45) is 0.0180. The number of esters is 1. The minimum absolute atomic E-state index is 0.0180. The maximum absolute atomic E-state index is 13.6. The van der Waals surface area contributed by atoms with Gasteiger partial charge in [-0.1, -0.05) is 47.1 Å². The predicted molar refractivity (Wildman–Crippen MR) is 191 cm³/mol. The van der Waals surface area contributed by atoms with Crippen LogP contribution >= 0.6 is 0 Å². The van der Waals surface area contributed by atoms with Gasteiger partial charge in [-0.05, 0) is 48.0 Å². The summed E-state index contributed by atoms with van der Waals surface area (Å²) in [5, 5.41) is 16.1. The molecule has 0 saturated heterocycles. The van der Waals surface area contributed by atoms with Crippen LogP contribution in [0.4, 0.5) is 27.5 Å². The van der Waals surface area contributed by atoms with E-state index in [0.29, 0.717) is 22.7 Å². The van der Waals surface area contributed by atoms with E-state index in [0.717, 1.165) is 0 Å². The normalized spacial score (nSPS) is 11.7. The monoisotopic (exact) mass is 698 g/mol. The van der Waals surface area contributed by atoms with Crippen molar-refractivity contribution in [3.63, 3.8) is 0 Å². The molecule has 0 spiro atoms. The van der Waals surface area contributed by atoms with Gasteiger partial charge in [0.25, 0.3) is 0 Å². The van der Waals surface area contributed by atoms with Crippen LogP contribution in [0.1, 0.15) is 5.56 Å². The SMILES string of the molecule is COC(=O)Cc1cccc(NC(=O)NCC(=O)N(CC(=O)N(C)c2ccccc2)c2cccc(OCC(=O)[N+](C)(O)c3cccc(OC)c3)c2)c1. The van der Waals surface area contributed by atoms with Gasteiger partial charge in [-0.25, -0.2) is 14.8 Å². The van der Waals surface area contributed by atoms with Crippen LogP contribution in [0.3, 0.4) is 0 Å². The molecule has 0 heterocycles. The van der Waals surface area contributed by atoms with Crippen LogP contribution < -0.4 is 34.6 Å². The van der Waals surface area contributed by atoms with Gasteiger partial charge >= 0.3 is 17.9 Å². The quantitative estimate of drug-likeness (QED) is 0.0760. The van der Waals surface area contributed by atoms with Crippen LogP contribution in [-0.2, 0) is 30.3 Å². The van der Waals surface area contributed by atoms with Crippen LogP contribution in [0, 0.1) is 0 Å². The topological polar surface area (TPSA) is 164 Å².